The van der Waals surface area contributed by atoms with Crippen LogP contribution in [-0.2, 0) is 0 Å². The van der Waals surface area contributed by atoms with Crippen LogP contribution in [0.2, 0.25) is 0 Å². The number of aromatic amines is 2. The van der Waals surface area contributed by atoms with E-state index in [1.54, 1.807) is 18.2 Å². The van der Waals surface area contributed by atoms with Crippen LogP contribution in [0.25, 0.3) is 17.1 Å². The van der Waals surface area contributed by atoms with Gasteiger partial charge in [-0.1, -0.05) is 6.08 Å². The topological polar surface area (TPSA) is 93.4 Å². The molecule has 0 radical (unpaired) electrons. The first kappa shape index (κ1) is 19.2. The largest absolute Gasteiger partial charge is 0.493 e. The second kappa shape index (κ2) is 7.95. The van der Waals surface area contributed by atoms with E-state index in [9.17, 15) is 18.4 Å². The van der Waals surface area contributed by atoms with Crippen LogP contribution in [0.1, 0.15) is 15.9 Å². The molecule has 0 atom stereocenters. The van der Waals surface area contributed by atoms with Crippen molar-refractivity contribution in [1.82, 2.24) is 9.97 Å². The van der Waals surface area contributed by atoms with Crippen molar-refractivity contribution in [2.75, 3.05) is 14.2 Å². The summed E-state index contributed by atoms with van der Waals surface area (Å²) in [6.07, 6.45) is 2.80. The SMILES string of the molecule is COc1cc(C=CC(=O)c2ccc3[nH]c(=O)[nH]c3c2)cc(OC)c1OC(F)F. The lowest BCUT2D eigenvalue weighted by Crippen LogP contribution is -2.05. The molecular formula is C19H16F2N2O5. The van der Waals surface area contributed by atoms with Crippen LogP contribution in [0.3, 0.4) is 0 Å². The molecule has 1 heterocycles. The van der Waals surface area contributed by atoms with Crippen molar-refractivity contribution in [3.05, 3.63) is 58.0 Å². The van der Waals surface area contributed by atoms with Gasteiger partial charge in [0, 0.05) is 5.56 Å². The predicted octanol–water partition coefficient (Wildman–Crippen LogP) is 3.37. The van der Waals surface area contributed by atoms with Crippen LogP contribution in [0, 0.1) is 0 Å². The van der Waals surface area contributed by atoms with Gasteiger partial charge in [-0.05, 0) is 42.0 Å². The number of hydrogen-bond donors (Lipinski definition) is 2. The molecular weight excluding hydrogens is 374 g/mol. The van der Waals surface area contributed by atoms with Crippen LogP contribution in [0.15, 0.2) is 41.2 Å². The first-order valence-corrected chi connectivity index (χ1v) is 8.06. The van der Waals surface area contributed by atoms with Crippen molar-refractivity contribution in [3.8, 4) is 17.2 Å². The second-order valence-corrected chi connectivity index (χ2v) is 5.67. The molecule has 0 fully saturated rings. The van der Waals surface area contributed by atoms with E-state index in [1.807, 2.05) is 0 Å². The normalized spacial score (nSPS) is 11.3. The number of fused-ring (bicyclic) bond motifs is 1. The molecule has 9 heteroatoms. The van der Waals surface area contributed by atoms with Gasteiger partial charge in [-0.2, -0.15) is 8.78 Å². The number of carbonyl (C=O) groups excluding carboxylic acids is 1. The number of halogens is 2. The minimum Gasteiger partial charge on any atom is -0.493 e. The molecule has 0 bridgehead atoms. The lowest BCUT2D eigenvalue weighted by molar-refractivity contribution is -0.0526. The number of methoxy groups -OCH3 is 2. The summed E-state index contributed by atoms with van der Waals surface area (Å²) in [7, 11) is 2.61. The number of carbonyl (C=O) groups is 1. The first-order chi connectivity index (χ1) is 13.4. The maximum absolute atomic E-state index is 12.6. The Hall–Kier alpha value is -3.62. The fourth-order valence-corrected chi connectivity index (χ4v) is 2.66. The third-order valence-electron chi connectivity index (χ3n) is 3.92. The maximum Gasteiger partial charge on any atom is 0.387 e. The lowest BCUT2D eigenvalue weighted by Gasteiger charge is -2.14. The summed E-state index contributed by atoms with van der Waals surface area (Å²) in [5.41, 5.74) is 1.60. The van der Waals surface area contributed by atoms with Crippen LogP contribution < -0.4 is 19.9 Å². The Morgan fingerprint density at radius 3 is 2.29 bits per heavy atom. The van der Waals surface area contributed by atoms with Crippen LogP contribution in [-0.4, -0.2) is 36.6 Å². The van der Waals surface area contributed by atoms with Gasteiger partial charge in [0.15, 0.2) is 17.3 Å². The number of alkyl halides is 2. The number of hydrogen-bond acceptors (Lipinski definition) is 5. The lowest BCUT2D eigenvalue weighted by atomic mass is 10.1. The van der Waals surface area contributed by atoms with Crippen molar-refractivity contribution < 1.29 is 27.8 Å². The quantitative estimate of drug-likeness (QED) is 0.477. The number of allylic oxidation sites excluding steroid dienone is 1. The number of rotatable bonds is 7. The minimum absolute atomic E-state index is 0.0399. The second-order valence-electron chi connectivity index (χ2n) is 5.67. The molecule has 2 N–H and O–H groups in total. The number of aromatic nitrogens is 2. The van der Waals surface area contributed by atoms with E-state index in [-0.39, 0.29) is 28.7 Å². The Bertz CT molecular complexity index is 1080. The monoisotopic (exact) mass is 390 g/mol. The highest BCUT2D eigenvalue weighted by atomic mass is 19.3. The maximum atomic E-state index is 12.6. The molecule has 0 saturated carbocycles. The molecule has 0 spiro atoms. The van der Waals surface area contributed by atoms with E-state index >= 15 is 0 Å². The average molecular weight is 390 g/mol. The molecule has 146 valence electrons. The van der Waals surface area contributed by atoms with Gasteiger partial charge in [-0.3, -0.25) is 4.79 Å². The van der Waals surface area contributed by atoms with Crippen molar-refractivity contribution >= 4 is 22.9 Å². The van der Waals surface area contributed by atoms with Gasteiger partial charge in [0.2, 0.25) is 5.75 Å². The molecule has 0 saturated heterocycles. The Morgan fingerprint density at radius 1 is 1.04 bits per heavy atom. The van der Waals surface area contributed by atoms with Gasteiger partial charge in [0.05, 0.1) is 25.3 Å². The summed E-state index contributed by atoms with van der Waals surface area (Å²) in [5.74, 6) is -0.462. The molecule has 0 aliphatic rings. The third kappa shape index (κ3) is 4.03. The van der Waals surface area contributed by atoms with Crippen molar-refractivity contribution in [2.24, 2.45) is 0 Å². The summed E-state index contributed by atoms with van der Waals surface area (Å²) in [5, 5.41) is 0. The molecule has 0 unspecified atom stereocenters. The van der Waals surface area contributed by atoms with Crippen LogP contribution in [0.5, 0.6) is 17.2 Å². The molecule has 7 nitrogen and oxygen atoms in total. The Labute approximate surface area is 157 Å². The van der Waals surface area contributed by atoms with Gasteiger partial charge >= 0.3 is 12.3 Å². The zero-order valence-corrected chi connectivity index (χ0v) is 14.9. The van der Waals surface area contributed by atoms with Crippen molar-refractivity contribution in [3.63, 3.8) is 0 Å². The van der Waals surface area contributed by atoms with E-state index < -0.39 is 6.61 Å². The van der Waals surface area contributed by atoms with Crippen LogP contribution in [0.4, 0.5) is 8.78 Å². The summed E-state index contributed by atoms with van der Waals surface area (Å²) >= 11 is 0. The zero-order valence-electron chi connectivity index (χ0n) is 14.9. The highest BCUT2D eigenvalue weighted by Gasteiger charge is 2.17. The molecule has 0 aliphatic heterocycles. The summed E-state index contributed by atoms with van der Waals surface area (Å²) in [6, 6.07) is 7.64. The number of ether oxygens (including phenoxy) is 3. The third-order valence-corrected chi connectivity index (χ3v) is 3.92. The first-order valence-electron chi connectivity index (χ1n) is 8.06. The van der Waals surface area contributed by atoms with Gasteiger partial charge in [-0.25, -0.2) is 4.79 Å². The molecule has 3 aromatic rings. The number of nitrogens with one attached hydrogen (secondary N) is 2. The van der Waals surface area contributed by atoms with Gasteiger partial charge in [0.1, 0.15) is 0 Å². The van der Waals surface area contributed by atoms with Crippen LogP contribution >= 0.6 is 0 Å². The van der Waals surface area contributed by atoms with E-state index in [0.29, 0.717) is 22.2 Å². The van der Waals surface area contributed by atoms with Crippen molar-refractivity contribution in [2.45, 2.75) is 6.61 Å². The fraction of sp³-hybridized carbons (Fsp3) is 0.158. The number of imidazole rings is 1. The van der Waals surface area contributed by atoms with E-state index in [2.05, 4.69) is 14.7 Å². The molecule has 0 amide bonds. The average Bonchev–Trinajstić information content (AvgIpc) is 3.05. The van der Waals surface area contributed by atoms with Gasteiger partial charge < -0.3 is 24.2 Å². The Kier molecular flexibility index (Phi) is 5.44. The van der Waals surface area contributed by atoms with Crippen molar-refractivity contribution in [1.29, 1.82) is 0 Å². The molecule has 0 aliphatic carbocycles. The number of benzene rings is 2. The fourth-order valence-electron chi connectivity index (χ4n) is 2.66. The Balaban J connectivity index is 1.89. The highest BCUT2D eigenvalue weighted by Crippen LogP contribution is 2.39. The molecule has 1 aromatic heterocycles. The number of H-pyrrole nitrogens is 2. The van der Waals surface area contributed by atoms with E-state index in [0.717, 1.165) is 0 Å². The van der Waals surface area contributed by atoms with E-state index in [1.165, 1.54) is 38.5 Å². The predicted molar refractivity (Wildman–Crippen MR) is 98.5 cm³/mol. The standard InChI is InChI=1S/C19H16F2N2O5/c1-26-15-7-10(8-16(27-2)17(15)28-18(20)21)3-6-14(24)11-4-5-12-13(9-11)23-19(25)22-12/h3-9,18H,1-2H3,(H2,22,23,25). The Morgan fingerprint density at radius 2 is 1.68 bits per heavy atom. The zero-order chi connectivity index (χ0) is 20.3. The minimum atomic E-state index is -3.04. The van der Waals surface area contributed by atoms with Gasteiger partial charge in [-0.15, -0.1) is 0 Å². The highest BCUT2D eigenvalue weighted by molar-refractivity contribution is 6.08. The van der Waals surface area contributed by atoms with E-state index in [4.69, 9.17) is 9.47 Å². The smallest absolute Gasteiger partial charge is 0.387 e. The summed E-state index contributed by atoms with van der Waals surface area (Å²) in [4.78, 5) is 28.9. The summed E-state index contributed by atoms with van der Waals surface area (Å²) in [6.45, 7) is -3.04. The molecule has 2 aromatic carbocycles. The number of ketones is 1. The molecule has 3 rings (SSSR count). The molecule has 28 heavy (non-hydrogen) atoms. The summed E-state index contributed by atoms with van der Waals surface area (Å²) < 4.78 is 39.8. The van der Waals surface area contributed by atoms with Gasteiger partial charge in [0.25, 0.3) is 0 Å².